The summed E-state index contributed by atoms with van der Waals surface area (Å²) in [4.78, 5) is 41.5. The Hall–Kier alpha value is -3.24. The minimum atomic E-state index is -0.851. The molecule has 184 valence electrons. The molecule has 0 unspecified atom stereocenters. The van der Waals surface area contributed by atoms with Gasteiger partial charge in [-0.15, -0.1) is 0 Å². The zero-order chi connectivity index (χ0) is 24.8. The zero-order valence-electron chi connectivity index (χ0n) is 20.1. The minimum absolute atomic E-state index is 0.127. The van der Waals surface area contributed by atoms with Gasteiger partial charge in [0, 0.05) is 56.3 Å². The molecule has 1 N–H and O–H groups in total. The first-order valence-corrected chi connectivity index (χ1v) is 11.4. The van der Waals surface area contributed by atoms with Crippen molar-refractivity contribution in [3.05, 3.63) is 62.5 Å². The Kier molecular flexibility index (Phi) is 8.41. The Morgan fingerprint density at radius 3 is 2.29 bits per heavy atom. The van der Waals surface area contributed by atoms with E-state index < -0.39 is 22.8 Å². The van der Waals surface area contributed by atoms with Crippen molar-refractivity contribution in [2.45, 2.75) is 26.7 Å². The summed E-state index contributed by atoms with van der Waals surface area (Å²) < 4.78 is 10.9. The van der Waals surface area contributed by atoms with Gasteiger partial charge in [0.15, 0.2) is 0 Å². The van der Waals surface area contributed by atoms with E-state index >= 15 is 0 Å². The fraction of sp³-hybridized carbons (Fsp3) is 0.500. The van der Waals surface area contributed by atoms with Gasteiger partial charge in [-0.25, -0.2) is 9.59 Å². The van der Waals surface area contributed by atoms with E-state index in [0.29, 0.717) is 23.5 Å². The van der Waals surface area contributed by atoms with Crippen LogP contribution in [0.1, 0.15) is 32.3 Å². The van der Waals surface area contributed by atoms with E-state index in [1.165, 1.54) is 12.1 Å². The molecule has 10 heteroatoms. The standard InChI is InChI=1S/C24H32N4O6/c1-5-33-23(29)20-16(2)25-17(3)21(22(20)18-7-6-8-19(15-18)28(31)32)24(30)34-14-13-27-11-9-26(4)10-12-27/h6-8,15,22,25H,5,9-14H2,1-4H3/t22-/m1/s1. The van der Waals surface area contributed by atoms with E-state index in [1.807, 2.05) is 0 Å². The molecule has 0 spiro atoms. The van der Waals surface area contributed by atoms with Crippen LogP contribution in [0.15, 0.2) is 46.8 Å². The van der Waals surface area contributed by atoms with E-state index in [0.717, 1.165) is 26.2 Å². The molecule has 1 fully saturated rings. The Morgan fingerprint density at radius 2 is 1.71 bits per heavy atom. The summed E-state index contributed by atoms with van der Waals surface area (Å²) in [6, 6.07) is 5.96. The number of dihydropyridines is 1. The Morgan fingerprint density at radius 1 is 1.09 bits per heavy atom. The number of rotatable bonds is 8. The quantitative estimate of drug-likeness (QED) is 0.345. The summed E-state index contributed by atoms with van der Waals surface area (Å²) in [6.07, 6.45) is 0. The maximum absolute atomic E-state index is 13.3. The number of carbonyl (C=O) groups is 2. The molecule has 1 atom stereocenters. The molecule has 0 saturated carbocycles. The van der Waals surface area contributed by atoms with Gasteiger partial charge in [-0.05, 0) is 33.4 Å². The summed E-state index contributed by atoms with van der Waals surface area (Å²) >= 11 is 0. The second kappa shape index (κ2) is 11.3. The molecular weight excluding hydrogens is 440 g/mol. The predicted octanol–water partition coefficient (Wildman–Crippen LogP) is 2.18. The lowest BCUT2D eigenvalue weighted by Gasteiger charge is -2.32. The molecule has 1 aromatic carbocycles. The van der Waals surface area contributed by atoms with Crippen LogP contribution in [0.3, 0.4) is 0 Å². The molecule has 3 rings (SSSR count). The van der Waals surface area contributed by atoms with Crippen molar-refractivity contribution in [1.29, 1.82) is 0 Å². The van der Waals surface area contributed by atoms with Gasteiger partial charge in [0.2, 0.25) is 0 Å². The lowest BCUT2D eigenvalue weighted by molar-refractivity contribution is -0.384. The van der Waals surface area contributed by atoms with E-state index in [2.05, 4.69) is 22.2 Å². The molecule has 0 aliphatic carbocycles. The fourth-order valence-corrected chi connectivity index (χ4v) is 4.31. The lowest BCUT2D eigenvalue weighted by atomic mass is 9.80. The first-order chi connectivity index (χ1) is 16.2. The maximum Gasteiger partial charge on any atom is 0.336 e. The number of nitrogens with zero attached hydrogens (tertiary/aromatic N) is 3. The highest BCUT2D eigenvalue weighted by Crippen LogP contribution is 2.40. The molecule has 1 saturated heterocycles. The van der Waals surface area contributed by atoms with Gasteiger partial charge in [-0.3, -0.25) is 15.0 Å². The molecule has 10 nitrogen and oxygen atoms in total. The Bertz CT molecular complexity index is 1010. The number of benzene rings is 1. The average molecular weight is 473 g/mol. The van der Waals surface area contributed by atoms with Gasteiger partial charge in [0.1, 0.15) is 6.61 Å². The first-order valence-electron chi connectivity index (χ1n) is 11.4. The second-order valence-electron chi connectivity index (χ2n) is 8.49. The van der Waals surface area contributed by atoms with E-state index in [9.17, 15) is 19.7 Å². The predicted molar refractivity (Wildman–Crippen MR) is 126 cm³/mol. The van der Waals surface area contributed by atoms with Crippen LogP contribution in [-0.4, -0.2) is 79.6 Å². The van der Waals surface area contributed by atoms with Crippen molar-refractivity contribution < 1.29 is 24.0 Å². The van der Waals surface area contributed by atoms with Crippen LogP contribution in [0.2, 0.25) is 0 Å². The SMILES string of the molecule is CCOC(=O)C1=C(C)NC(C)=C(C(=O)OCCN2CCN(C)CC2)[C@@H]1c1cccc([N+](=O)[O-])c1. The highest BCUT2D eigenvalue weighted by molar-refractivity contribution is 5.99. The van der Waals surface area contributed by atoms with Crippen LogP contribution in [0.25, 0.3) is 0 Å². The number of nitro benzene ring substituents is 1. The highest BCUT2D eigenvalue weighted by Gasteiger charge is 2.38. The maximum atomic E-state index is 13.3. The van der Waals surface area contributed by atoms with Gasteiger partial charge < -0.3 is 19.7 Å². The molecule has 1 aromatic rings. The Labute approximate surface area is 199 Å². The highest BCUT2D eigenvalue weighted by atomic mass is 16.6. The van der Waals surface area contributed by atoms with Crippen LogP contribution in [0.5, 0.6) is 0 Å². The van der Waals surface area contributed by atoms with Crippen LogP contribution >= 0.6 is 0 Å². The van der Waals surface area contributed by atoms with Crippen LogP contribution in [0.4, 0.5) is 5.69 Å². The molecule has 2 aliphatic rings. The summed E-state index contributed by atoms with van der Waals surface area (Å²) in [5.74, 6) is -2.00. The Balaban J connectivity index is 1.89. The van der Waals surface area contributed by atoms with Crippen molar-refractivity contribution in [2.24, 2.45) is 0 Å². The van der Waals surface area contributed by atoms with Gasteiger partial charge in [-0.1, -0.05) is 12.1 Å². The van der Waals surface area contributed by atoms with Crippen LogP contribution in [0, 0.1) is 10.1 Å². The minimum Gasteiger partial charge on any atom is -0.463 e. The van der Waals surface area contributed by atoms with Crippen LogP contribution in [-0.2, 0) is 19.1 Å². The third-order valence-electron chi connectivity index (χ3n) is 6.13. The number of likely N-dealkylation sites (N-methyl/N-ethyl adjacent to an activating group) is 1. The molecule has 2 aliphatic heterocycles. The van der Waals surface area contributed by atoms with Crippen molar-refractivity contribution in [3.8, 4) is 0 Å². The van der Waals surface area contributed by atoms with Crippen molar-refractivity contribution in [1.82, 2.24) is 15.1 Å². The topological polar surface area (TPSA) is 114 Å². The summed E-state index contributed by atoms with van der Waals surface area (Å²) in [7, 11) is 2.08. The van der Waals surface area contributed by atoms with E-state index in [4.69, 9.17) is 9.47 Å². The monoisotopic (exact) mass is 472 g/mol. The summed E-state index contributed by atoms with van der Waals surface area (Å²) in [6.45, 7) is 9.85. The number of nitro groups is 1. The smallest absolute Gasteiger partial charge is 0.336 e. The summed E-state index contributed by atoms with van der Waals surface area (Å²) in [5, 5.41) is 14.5. The molecule has 0 amide bonds. The van der Waals surface area contributed by atoms with Crippen molar-refractivity contribution >= 4 is 17.6 Å². The molecule has 0 radical (unpaired) electrons. The molecule has 0 aromatic heterocycles. The van der Waals surface area contributed by atoms with Crippen LogP contribution < -0.4 is 5.32 Å². The largest absolute Gasteiger partial charge is 0.463 e. The normalized spacial score (nSPS) is 19.6. The number of piperazine rings is 1. The van der Waals surface area contributed by atoms with Crippen molar-refractivity contribution in [3.63, 3.8) is 0 Å². The number of allylic oxidation sites excluding steroid dienone is 2. The first kappa shape index (κ1) is 25.4. The number of ether oxygens (including phenoxy) is 2. The average Bonchev–Trinajstić information content (AvgIpc) is 2.80. The molecular formula is C24H32N4O6. The molecule has 2 heterocycles. The third-order valence-corrected chi connectivity index (χ3v) is 6.13. The van der Waals surface area contributed by atoms with Gasteiger partial charge in [0.05, 0.1) is 28.6 Å². The molecule has 34 heavy (non-hydrogen) atoms. The number of hydrogen-bond acceptors (Lipinski definition) is 9. The van der Waals surface area contributed by atoms with Crippen molar-refractivity contribution in [2.75, 3.05) is 53.0 Å². The van der Waals surface area contributed by atoms with E-state index in [-0.39, 0.29) is 30.0 Å². The lowest BCUT2D eigenvalue weighted by Crippen LogP contribution is -2.45. The number of hydrogen-bond donors (Lipinski definition) is 1. The number of esters is 2. The fourth-order valence-electron chi connectivity index (χ4n) is 4.31. The molecule has 0 bridgehead atoms. The summed E-state index contributed by atoms with van der Waals surface area (Å²) in [5.41, 5.74) is 1.86. The number of nitrogens with one attached hydrogen (secondary N) is 1. The number of non-ortho nitro benzene ring substituents is 1. The third kappa shape index (κ3) is 5.81. The zero-order valence-corrected chi connectivity index (χ0v) is 20.1. The van der Waals surface area contributed by atoms with Gasteiger partial charge >= 0.3 is 11.9 Å². The van der Waals surface area contributed by atoms with Gasteiger partial charge in [-0.2, -0.15) is 0 Å². The second-order valence-corrected chi connectivity index (χ2v) is 8.49. The number of carbonyl (C=O) groups excluding carboxylic acids is 2. The van der Waals surface area contributed by atoms with E-state index in [1.54, 1.807) is 32.9 Å². The van der Waals surface area contributed by atoms with Gasteiger partial charge in [0.25, 0.3) is 5.69 Å².